The molecule has 1 aliphatic rings. The Morgan fingerprint density at radius 3 is 2.70 bits per heavy atom. The third-order valence-electron chi connectivity index (χ3n) is 3.39. The van der Waals surface area contributed by atoms with Crippen LogP contribution in [0.3, 0.4) is 0 Å². The maximum absolute atomic E-state index is 12.9. The number of thioether (sulfide) groups is 1. The molecule has 9 heteroatoms. The Hall–Kier alpha value is -2.42. The summed E-state index contributed by atoms with van der Waals surface area (Å²) in [6, 6.07) is 10.2. The lowest BCUT2D eigenvalue weighted by Crippen LogP contribution is -2.20. The molecular formula is C18H12ClFN2O3S2. The maximum atomic E-state index is 12.9. The van der Waals surface area contributed by atoms with Crippen molar-refractivity contribution in [3.8, 4) is 5.75 Å². The van der Waals surface area contributed by atoms with Gasteiger partial charge in [-0.05, 0) is 48.5 Å². The number of amides is 2. The first-order chi connectivity index (χ1) is 12.9. The zero-order valence-electron chi connectivity index (χ0n) is 13.6. The Morgan fingerprint density at radius 1 is 1.30 bits per heavy atom. The van der Waals surface area contributed by atoms with Gasteiger partial charge in [-0.25, -0.2) is 4.39 Å². The summed E-state index contributed by atoms with van der Waals surface area (Å²) in [5.74, 6) is -0.724. The van der Waals surface area contributed by atoms with Crippen molar-refractivity contribution in [2.45, 2.75) is 0 Å². The van der Waals surface area contributed by atoms with Gasteiger partial charge in [-0.2, -0.15) is 0 Å². The van der Waals surface area contributed by atoms with Crippen LogP contribution in [0.5, 0.6) is 5.75 Å². The second-order valence-electron chi connectivity index (χ2n) is 5.38. The molecule has 2 N–H and O–H groups in total. The van der Waals surface area contributed by atoms with Gasteiger partial charge in [-0.1, -0.05) is 35.6 Å². The summed E-state index contributed by atoms with van der Waals surface area (Å²) in [5.41, 5.74) is 0.996. The number of anilines is 1. The van der Waals surface area contributed by atoms with Crippen molar-refractivity contribution in [2.24, 2.45) is 0 Å². The van der Waals surface area contributed by atoms with Crippen LogP contribution >= 0.6 is 35.6 Å². The van der Waals surface area contributed by atoms with Gasteiger partial charge in [0.1, 0.15) is 15.9 Å². The quantitative estimate of drug-likeness (QED) is 0.563. The van der Waals surface area contributed by atoms with Crippen molar-refractivity contribution < 1.29 is 18.7 Å². The summed E-state index contributed by atoms with van der Waals surface area (Å²) >= 11 is 12.1. The number of nitrogens with one attached hydrogen (secondary N) is 2. The number of benzene rings is 2. The first-order valence-corrected chi connectivity index (χ1v) is 9.23. The van der Waals surface area contributed by atoms with E-state index in [1.54, 1.807) is 24.3 Å². The lowest BCUT2D eigenvalue weighted by atomic mass is 10.2. The van der Waals surface area contributed by atoms with E-state index in [1.807, 2.05) is 0 Å². The van der Waals surface area contributed by atoms with Gasteiger partial charge in [0.25, 0.3) is 11.8 Å². The lowest BCUT2D eigenvalue weighted by Gasteiger charge is -2.10. The van der Waals surface area contributed by atoms with Crippen LogP contribution in [0.4, 0.5) is 10.1 Å². The molecule has 5 nitrogen and oxygen atoms in total. The molecule has 1 saturated heterocycles. The van der Waals surface area contributed by atoms with Crippen LogP contribution in [0.15, 0.2) is 47.4 Å². The van der Waals surface area contributed by atoms with E-state index in [1.165, 1.54) is 24.3 Å². The minimum absolute atomic E-state index is 0.271. The third kappa shape index (κ3) is 5.29. The van der Waals surface area contributed by atoms with E-state index in [4.69, 9.17) is 28.6 Å². The number of ether oxygens (including phenoxy) is 1. The molecule has 0 aromatic heterocycles. The molecule has 0 radical (unpaired) electrons. The standard InChI is InChI=1S/C18H12ClFN2O3S2/c19-11-1-6-14(10(7-11)8-15-17(24)22-18(26)27-15)25-9-16(23)21-13-4-2-12(20)3-5-13/h1-8H,9H2,(H,21,23)(H,22,24,26)/b15-8-. The molecule has 27 heavy (non-hydrogen) atoms. The van der Waals surface area contributed by atoms with Crippen LogP contribution in [0.2, 0.25) is 5.02 Å². The molecule has 1 heterocycles. The zero-order valence-corrected chi connectivity index (χ0v) is 16.0. The maximum Gasteiger partial charge on any atom is 0.263 e. The van der Waals surface area contributed by atoms with Crippen molar-refractivity contribution in [1.82, 2.24) is 5.32 Å². The fourth-order valence-electron chi connectivity index (χ4n) is 2.20. The minimum Gasteiger partial charge on any atom is -0.483 e. The van der Waals surface area contributed by atoms with E-state index in [0.717, 1.165) is 11.8 Å². The van der Waals surface area contributed by atoms with Crippen LogP contribution in [0.25, 0.3) is 6.08 Å². The first kappa shape index (κ1) is 19.3. The van der Waals surface area contributed by atoms with Crippen LogP contribution in [-0.2, 0) is 9.59 Å². The Labute approximate surface area is 168 Å². The minimum atomic E-state index is -0.413. The van der Waals surface area contributed by atoms with Crippen molar-refractivity contribution in [1.29, 1.82) is 0 Å². The SMILES string of the molecule is O=C(COc1ccc(Cl)cc1/C=C1\SC(=S)NC1=O)Nc1ccc(F)cc1. The first-order valence-electron chi connectivity index (χ1n) is 7.63. The Balaban J connectivity index is 1.70. The molecule has 0 spiro atoms. The topological polar surface area (TPSA) is 67.4 Å². The van der Waals surface area contributed by atoms with Crippen LogP contribution < -0.4 is 15.4 Å². The van der Waals surface area contributed by atoms with Crippen molar-refractivity contribution in [2.75, 3.05) is 11.9 Å². The molecule has 2 aromatic carbocycles. The third-order valence-corrected chi connectivity index (χ3v) is 4.78. The Morgan fingerprint density at radius 2 is 2.04 bits per heavy atom. The number of hydrogen-bond donors (Lipinski definition) is 2. The highest BCUT2D eigenvalue weighted by molar-refractivity contribution is 8.26. The highest BCUT2D eigenvalue weighted by atomic mass is 35.5. The molecule has 2 amide bonds. The van der Waals surface area contributed by atoms with Gasteiger partial charge >= 0.3 is 0 Å². The van der Waals surface area contributed by atoms with Gasteiger partial charge in [-0.15, -0.1) is 0 Å². The van der Waals surface area contributed by atoms with E-state index < -0.39 is 11.7 Å². The van der Waals surface area contributed by atoms with E-state index in [9.17, 15) is 14.0 Å². The van der Waals surface area contributed by atoms with E-state index in [2.05, 4.69) is 10.6 Å². The van der Waals surface area contributed by atoms with Crippen molar-refractivity contribution in [3.05, 3.63) is 63.8 Å². The summed E-state index contributed by atoms with van der Waals surface area (Å²) in [4.78, 5) is 24.3. The number of carbonyl (C=O) groups is 2. The summed E-state index contributed by atoms with van der Waals surface area (Å²) in [6.07, 6.45) is 1.60. The van der Waals surface area contributed by atoms with Gasteiger partial charge < -0.3 is 15.4 Å². The van der Waals surface area contributed by atoms with Gasteiger partial charge in [0.15, 0.2) is 6.61 Å². The lowest BCUT2D eigenvalue weighted by molar-refractivity contribution is -0.118. The molecule has 0 bridgehead atoms. The van der Waals surface area contributed by atoms with Gasteiger partial charge in [0.2, 0.25) is 0 Å². The molecule has 2 aromatic rings. The number of hydrogen-bond acceptors (Lipinski definition) is 5. The number of carbonyl (C=O) groups excluding carboxylic acids is 2. The largest absolute Gasteiger partial charge is 0.483 e. The van der Waals surface area contributed by atoms with Gasteiger partial charge in [0, 0.05) is 16.3 Å². The smallest absolute Gasteiger partial charge is 0.263 e. The normalized spacial score (nSPS) is 15.0. The molecule has 0 aliphatic carbocycles. The Kier molecular flexibility index (Phi) is 6.10. The van der Waals surface area contributed by atoms with E-state index >= 15 is 0 Å². The summed E-state index contributed by atoms with van der Waals surface area (Å²) in [5, 5.41) is 5.58. The molecule has 3 rings (SSSR count). The molecule has 0 atom stereocenters. The molecule has 1 aliphatic heterocycles. The van der Waals surface area contributed by atoms with Gasteiger partial charge in [-0.3, -0.25) is 9.59 Å². The summed E-state index contributed by atoms with van der Waals surface area (Å²) in [6.45, 7) is -0.271. The fourth-order valence-corrected chi connectivity index (χ4v) is 3.42. The summed E-state index contributed by atoms with van der Waals surface area (Å²) in [7, 11) is 0. The number of halogens is 2. The van der Waals surface area contributed by atoms with E-state index in [0.29, 0.717) is 31.2 Å². The number of thiocarbonyl (C=S) groups is 1. The highest BCUT2D eigenvalue weighted by Gasteiger charge is 2.22. The highest BCUT2D eigenvalue weighted by Crippen LogP contribution is 2.31. The average Bonchev–Trinajstić information content (AvgIpc) is 2.93. The van der Waals surface area contributed by atoms with Crippen molar-refractivity contribution in [3.63, 3.8) is 0 Å². The Bertz CT molecular complexity index is 948. The average molecular weight is 423 g/mol. The van der Waals surface area contributed by atoms with Crippen LogP contribution in [-0.4, -0.2) is 22.7 Å². The van der Waals surface area contributed by atoms with E-state index in [-0.39, 0.29) is 12.5 Å². The van der Waals surface area contributed by atoms with Gasteiger partial charge in [0.05, 0.1) is 4.91 Å². The molecule has 0 unspecified atom stereocenters. The predicted octanol–water partition coefficient (Wildman–Crippen LogP) is 3.99. The van der Waals surface area contributed by atoms with Crippen molar-refractivity contribution >= 4 is 63.5 Å². The van der Waals surface area contributed by atoms with Crippen LogP contribution in [0, 0.1) is 5.82 Å². The second kappa shape index (κ2) is 8.51. The molecular weight excluding hydrogens is 411 g/mol. The second-order valence-corrected chi connectivity index (χ2v) is 7.53. The van der Waals surface area contributed by atoms with Crippen LogP contribution in [0.1, 0.15) is 5.56 Å². The predicted molar refractivity (Wildman–Crippen MR) is 108 cm³/mol. The zero-order chi connectivity index (χ0) is 19.4. The number of rotatable bonds is 5. The molecule has 1 fully saturated rings. The molecule has 0 saturated carbocycles. The monoisotopic (exact) mass is 422 g/mol. The summed E-state index contributed by atoms with van der Waals surface area (Å²) < 4.78 is 18.8. The molecule has 138 valence electrons. The fraction of sp³-hybridized carbons (Fsp3) is 0.0556.